The predicted molar refractivity (Wildman–Crippen MR) is 69.0 cm³/mol. The number of hydrogen-bond donors (Lipinski definition) is 1. The van der Waals surface area contributed by atoms with E-state index in [9.17, 15) is 0 Å². The van der Waals surface area contributed by atoms with Crippen LogP contribution in [0.3, 0.4) is 0 Å². The molecule has 2 rings (SSSR count). The maximum atomic E-state index is 9.15. The van der Waals surface area contributed by atoms with Gasteiger partial charge in [-0.05, 0) is 43.0 Å². The summed E-state index contributed by atoms with van der Waals surface area (Å²) >= 11 is 1.64. The Morgan fingerprint density at radius 3 is 2.59 bits per heavy atom. The van der Waals surface area contributed by atoms with Crippen molar-refractivity contribution in [2.24, 2.45) is 11.7 Å². The van der Waals surface area contributed by atoms with E-state index in [0.29, 0.717) is 11.7 Å². The molecule has 0 spiro atoms. The van der Waals surface area contributed by atoms with Crippen molar-refractivity contribution >= 4 is 11.8 Å². The Kier molecular flexibility index (Phi) is 3.60. The molecule has 0 amide bonds. The van der Waals surface area contributed by atoms with Crippen molar-refractivity contribution < 1.29 is 4.74 Å². The highest BCUT2D eigenvalue weighted by Crippen LogP contribution is 2.40. The van der Waals surface area contributed by atoms with Crippen molar-refractivity contribution in [3.05, 3.63) is 24.3 Å². The van der Waals surface area contributed by atoms with Crippen molar-refractivity contribution in [1.82, 2.24) is 0 Å². The van der Waals surface area contributed by atoms with E-state index in [-0.39, 0.29) is 0 Å². The van der Waals surface area contributed by atoms with Crippen LogP contribution in [0.4, 0.5) is 0 Å². The Labute approximate surface area is 106 Å². The molecule has 1 unspecified atom stereocenters. The number of hydrogen-bond acceptors (Lipinski definition) is 4. The predicted octanol–water partition coefficient (Wildman–Crippen LogP) is 2.42. The molecule has 1 aromatic carbocycles. The molecule has 1 aliphatic rings. The molecule has 0 aliphatic heterocycles. The molecule has 90 valence electrons. The largest absolute Gasteiger partial charge is 0.497 e. The zero-order valence-electron chi connectivity index (χ0n) is 9.85. The summed E-state index contributed by atoms with van der Waals surface area (Å²) < 4.78 is 5.10. The van der Waals surface area contributed by atoms with Crippen LogP contribution in [-0.2, 0) is 0 Å². The Balaban J connectivity index is 1.94. The number of benzene rings is 1. The maximum absolute atomic E-state index is 9.15. The quantitative estimate of drug-likeness (QED) is 0.813. The summed E-state index contributed by atoms with van der Waals surface area (Å²) in [6.07, 6.45) is 2.18. The average Bonchev–Trinajstić information content (AvgIpc) is 3.21. The lowest BCUT2D eigenvalue weighted by Crippen LogP contribution is -2.43. The third-order valence-electron chi connectivity index (χ3n) is 3.05. The lowest BCUT2D eigenvalue weighted by molar-refractivity contribution is 0.414. The van der Waals surface area contributed by atoms with Crippen LogP contribution in [0.2, 0.25) is 0 Å². The van der Waals surface area contributed by atoms with Gasteiger partial charge in [-0.2, -0.15) is 5.26 Å². The van der Waals surface area contributed by atoms with E-state index in [0.717, 1.165) is 23.5 Å². The number of thioether (sulfide) groups is 1. The van der Waals surface area contributed by atoms with Gasteiger partial charge in [0.1, 0.15) is 11.3 Å². The number of nitrogens with two attached hydrogens (primary N) is 1. The van der Waals surface area contributed by atoms with E-state index in [2.05, 4.69) is 6.07 Å². The van der Waals surface area contributed by atoms with Crippen LogP contribution in [0.25, 0.3) is 0 Å². The summed E-state index contributed by atoms with van der Waals surface area (Å²) in [5.41, 5.74) is 5.44. The SMILES string of the molecule is COc1ccc(SCC(N)(C#N)C2CC2)cc1. The smallest absolute Gasteiger partial charge is 0.118 e. The van der Waals surface area contributed by atoms with E-state index < -0.39 is 5.54 Å². The number of methoxy groups -OCH3 is 1. The highest BCUT2D eigenvalue weighted by atomic mass is 32.2. The first-order valence-corrected chi connectivity index (χ1v) is 6.63. The zero-order valence-corrected chi connectivity index (χ0v) is 10.7. The molecule has 3 nitrogen and oxygen atoms in total. The van der Waals surface area contributed by atoms with Crippen LogP contribution in [0.5, 0.6) is 5.75 Å². The van der Waals surface area contributed by atoms with Gasteiger partial charge in [-0.25, -0.2) is 0 Å². The Bertz CT molecular complexity index is 422. The van der Waals surface area contributed by atoms with Crippen LogP contribution in [0.15, 0.2) is 29.2 Å². The van der Waals surface area contributed by atoms with Gasteiger partial charge in [-0.1, -0.05) is 0 Å². The summed E-state index contributed by atoms with van der Waals surface area (Å²) in [5, 5.41) is 9.15. The average molecular weight is 248 g/mol. The fourth-order valence-corrected chi connectivity index (χ4v) is 2.75. The Hall–Kier alpha value is -1.18. The Morgan fingerprint density at radius 1 is 1.47 bits per heavy atom. The molecular weight excluding hydrogens is 232 g/mol. The van der Waals surface area contributed by atoms with E-state index in [1.807, 2.05) is 24.3 Å². The molecule has 1 saturated carbocycles. The number of ether oxygens (including phenoxy) is 1. The zero-order chi connectivity index (χ0) is 12.3. The molecule has 4 heteroatoms. The van der Waals surface area contributed by atoms with Crippen LogP contribution < -0.4 is 10.5 Å². The molecule has 2 N–H and O–H groups in total. The standard InChI is InChI=1S/C13H16N2OS/c1-16-11-4-6-12(7-5-11)17-9-13(15,8-14)10-2-3-10/h4-7,10H,2-3,9,15H2,1H3. The van der Waals surface area contributed by atoms with Crippen molar-refractivity contribution in [3.8, 4) is 11.8 Å². The van der Waals surface area contributed by atoms with Gasteiger partial charge in [-0.3, -0.25) is 0 Å². The lowest BCUT2D eigenvalue weighted by atomic mass is 10.00. The normalized spacial score (nSPS) is 18.2. The maximum Gasteiger partial charge on any atom is 0.118 e. The second-order valence-electron chi connectivity index (χ2n) is 4.39. The molecule has 1 aliphatic carbocycles. The summed E-state index contributed by atoms with van der Waals surface area (Å²) in [7, 11) is 1.65. The number of nitriles is 1. The first-order valence-electron chi connectivity index (χ1n) is 5.65. The first-order chi connectivity index (χ1) is 8.18. The molecule has 0 bridgehead atoms. The first kappa shape index (κ1) is 12.3. The molecule has 17 heavy (non-hydrogen) atoms. The van der Waals surface area contributed by atoms with E-state index in [4.69, 9.17) is 15.7 Å². The minimum atomic E-state index is -0.662. The second-order valence-corrected chi connectivity index (χ2v) is 5.44. The van der Waals surface area contributed by atoms with Gasteiger partial charge in [0, 0.05) is 10.6 Å². The van der Waals surface area contributed by atoms with Gasteiger partial charge in [0.05, 0.1) is 13.2 Å². The second kappa shape index (κ2) is 4.99. The summed E-state index contributed by atoms with van der Waals surface area (Å²) in [5.74, 6) is 1.88. The number of nitrogens with zero attached hydrogens (tertiary/aromatic N) is 1. The minimum absolute atomic E-state index is 0.387. The molecule has 0 aromatic heterocycles. The highest BCUT2D eigenvalue weighted by Gasteiger charge is 2.42. The van der Waals surface area contributed by atoms with Crippen molar-refractivity contribution in [2.75, 3.05) is 12.9 Å². The molecule has 0 saturated heterocycles. The fraction of sp³-hybridized carbons (Fsp3) is 0.462. The van der Waals surface area contributed by atoms with Gasteiger partial charge in [0.2, 0.25) is 0 Å². The fourth-order valence-electron chi connectivity index (χ4n) is 1.71. The van der Waals surface area contributed by atoms with Gasteiger partial charge in [0.25, 0.3) is 0 Å². The molecule has 1 atom stereocenters. The van der Waals surface area contributed by atoms with Crippen LogP contribution >= 0.6 is 11.8 Å². The van der Waals surface area contributed by atoms with Crippen LogP contribution in [0, 0.1) is 17.2 Å². The van der Waals surface area contributed by atoms with E-state index in [1.165, 1.54) is 0 Å². The topological polar surface area (TPSA) is 59.0 Å². The third kappa shape index (κ3) is 2.93. The molecule has 0 heterocycles. The Morgan fingerprint density at radius 2 is 2.12 bits per heavy atom. The number of rotatable bonds is 5. The molecule has 1 fully saturated rings. The monoisotopic (exact) mass is 248 g/mol. The van der Waals surface area contributed by atoms with Gasteiger partial charge < -0.3 is 10.5 Å². The molecular formula is C13H16N2OS. The minimum Gasteiger partial charge on any atom is -0.497 e. The van der Waals surface area contributed by atoms with Gasteiger partial charge >= 0.3 is 0 Å². The summed E-state index contributed by atoms with van der Waals surface area (Å²) in [4.78, 5) is 1.12. The summed E-state index contributed by atoms with van der Waals surface area (Å²) in [6.45, 7) is 0. The van der Waals surface area contributed by atoms with Crippen LogP contribution in [0.1, 0.15) is 12.8 Å². The summed E-state index contributed by atoms with van der Waals surface area (Å²) in [6, 6.07) is 10.1. The van der Waals surface area contributed by atoms with Crippen LogP contribution in [-0.4, -0.2) is 18.4 Å². The van der Waals surface area contributed by atoms with Crippen molar-refractivity contribution in [2.45, 2.75) is 23.3 Å². The molecule has 1 aromatic rings. The highest BCUT2D eigenvalue weighted by molar-refractivity contribution is 7.99. The third-order valence-corrected chi connectivity index (χ3v) is 4.28. The molecule has 0 radical (unpaired) electrons. The van der Waals surface area contributed by atoms with Crippen molar-refractivity contribution in [1.29, 1.82) is 5.26 Å². The van der Waals surface area contributed by atoms with Gasteiger partial charge in [0.15, 0.2) is 0 Å². The lowest BCUT2D eigenvalue weighted by Gasteiger charge is -2.20. The van der Waals surface area contributed by atoms with E-state index >= 15 is 0 Å². The van der Waals surface area contributed by atoms with Gasteiger partial charge in [-0.15, -0.1) is 11.8 Å². The van der Waals surface area contributed by atoms with E-state index in [1.54, 1.807) is 18.9 Å². The van der Waals surface area contributed by atoms with Crippen molar-refractivity contribution in [3.63, 3.8) is 0 Å².